The maximum absolute atomic E-state index is 12.6. The molecule has 8 nitrogen and oxygen atoms in total. The molecule has 1 aromatic rings. The second-order valence-corrected chi connectivity index (χ2v) is 6.39. The number of rotatable bonds is 8. The number of likely N-dealkylation sites (tertiary alicyclic amines) is 1. The van der Waals surface area contributed by atoms with Gasteiger partial charge in [0.2, 0.25) is 5.91 Å². The second-order valence-electron chi connectivity index (χ2n) is 6.39. The molecule has 25 heavy (non-hydrogen) atoms. The molecule has 0 saturated carbocycles. The highest BCUT2D eigenvalue weighted by Gasteiger charge is 2.37. The van der Waals surface area contributed by atoms with E-state index in [9.17, 15) is 14.9 Å². The average Bonchev–Trinajstić information content (AvgIpc) is 3.46. The molecule has 2 fully saturated rings. The maximum Gasteiger partial charge on any atom is 0.294 e. The van der Waals surface area contributed by atoms with Crippen LogP contribution in [-0.2, 0) is 14.4 Å². The van der Waals surface area contributed by atoms with Gasteiger partial charge in [-0.05, 0) is 30.9 Å². The number of benzene rings is 1. The molecule has 1 aromatic carbocycles. The third kappa shape index (κ3) is 5.32. The van der Waals surface area contributed by atoms with Gasteiger partial charge in [0.15, 0.2) is 0 Å². The smallest absolute Gasteiger partial charge is 0.294 e. The summed E-state index contributed by atoms with van der Waals surface area (Å²) in [7, 11) is 0. The number of ether oxygens (including phenoxy) is 2. The Bertz CT molecular complexity index is 584. The van der Waals surface area contributed by atoms with Gasteiger partial charge in [-0.25, -0.2) is 0 Å². The molecule has 0 aromatic heterocycles. The molecule has 0 aliphatic carbocycles. The quantitative estimate of drug-likeness (QED) is 0.402. The minimum Gasteiger partial charge on any atom is -0.487 e. The van der Waals surface area contributed by atoms with Crippen LogP contribution in [0.3, 0.4) is 0 Å². The molecule has 3 rings (SSSR count). The van der Waals surface area contributed by atoms with Crippen LogP contribution in [0.15, 0.2) is 30.3 Å². The van der Waals surface area contributed by atoms with E-state index in [1.54, 1.807) is 4.90 Å². The first-order valence-electron chi connectivity index (χ1n) is 8.50. The van der Waals surface area contributed by atoms with Gasteiger partial charge in [0.25, 0.3) is 5.09 Å². The van der Waals surface area contributed by atoms with Gasteiger partial charge in [0, 0.05) is 13.1 Å². The second kappa shape index (κ2) is 8.15. The Hall–Kier alpha value is -2.35. The van der Waals surface area contributed by atoms with Crippen molar-refractivity contribution in [3.63, 3.8) is 0 Å². The largest absolute Gasteiger partial charge is 0.487 e. The Balaban J connectivity index is 1.47. The monoisotopic (exact) mass is 350 g/mol. The fourth-order valence-electron chi connectivity index (χ4n) is 3.01. The molecule has 2 atom stereocenters. The predicted octanol–water partition coefficient (Wildman–Crippen LogP) is 1.67. The van der Waals surface area contributed by atoms with E-state index in [1.165, 1.54) is 0 Å². The Morgan fingerprint density at radius 3 is 2.60 bits per heavy atom. The van der Waals surface area contributed by atoms with Crippen LogP contribution >= 0.6 is 0 Å². The highest BCUT2D eigenvalue weighted by Crippen LogP contribution is 2.25. The molecule has 136 valence electrons. The normalized spacial score (nSPS) is 21.4. The Kier molecular flexibility index (Phi) is 5.70. The van der Waals surface area contributed by atoms with Gasteiger partial charge in [-0.1, -0.05) is 18.2 Å². The highest BCUT2D eigenvalue weighted by atomic mass is 16.9. The van der Waals surface area contributed by atoms with Gasteiger partial charge in [-0.15, -0.1) is 10.1 Å². The van der Waals surface area contributed by atoms with Gasteiger partial charge in [-0.2, -0.15) is 0 Å². The van der Waals surface area contributed by atoms with Crippen molar-refractivity contribution in [2.45, 2.75) is 31.5 Å². The number of carbonyl (C=O) groups is 1. The van der Waals surface area contributed by atoms with Crippen LogP contribution < -0.4 is 4.74 Å². The zero-order chi connectivity index (χ0) is 17.6. The number of epoxide rings is 1. The predicted molar refractivity (Wildman–Crippen MR) is 87.5 cm³/mol. The SMILES string of the molecule is O=C(CC(Oc1ccccc1)C1CO1)N1CCC(CO[N+](=O)[O-])CC1. The first kappa shape index (κ1) is 17.5. The number of carbonyl (C=O) groups excluding carboxylic acids is 1. The van der Waals surface area contributed by atoms with Crippen LogP contribution in [0.4, 0.5) is 0 Å². The van der Waals surface area contributed by atoms with Crippen molar-refractivity contribution in [1.82, 2.24) is 4.90 Å². The first-order chi connectivity index (χ1) is 12.1. The van der Waals surface area contributed by atoms with E-state index in [0.717, 1.165) is 5.75 Å². The molecular formula is C17H22N2O6. The summed E-state index contributed by atoms with van der Waals surface area (Å²) in [6.07, 6.45) is 1.38. The summed E-state index contributed by atoms with van der Waals surface area (Å²) in [5.74, 6) is 0.883. The number of amides is 1. The number of nitrogens with zero attached hydrogens (tertiary/aromatic N) is 2. The van der Waals surface area contributed by atoms with Crippen LogP contribution in [-0.4, -0.2) is 54.4 Å². The summed E-state index contributed by atoms with van der Waals surface area (Å²) in [5, 5.41) is 9.48. The van der Waals surface area contributed by atoms with E-state index in [4.69, 9.17) is 9.47 Å². The minimum absolute atomic E-state index is 0.0322. The van der Waals surface area contributed by atoms with E-state index in [1.807, 2.05) is 30.3 Å². The molecule has 2 unspecified atom stereocenters. The fraction of sp³-hybridized carbons (Fsp3) is 0.588. The number of para-hydroxylation sites is 1. The Labute approximate surface area is 145 Å². The van der Waals surface area contributed by atoms with Crippen LogP contribution in [0, 0.1) is 16.0 Å². The summed E-state index contributed by atoms with van der Waals surface area (Å²) in [4.78, 5) is 29.0. The molecule has 0 spiro atoms. The topological polar surface area (TPSA) is 94.4 Å². The number of hydrogen-bond donors (Lipinski definition) is 0. The zero-order valence-electron chi connectivity index (χ0n) is 13.9. The van der Waals surface area contributed by atoms with E-state index >= 15 is 0 Å². The highest BCUT2D eigenvalue weighted by molar-refractivity contribution is 5.77. The number of hydrogen-bond acceptors (Lipinski definition) is 6. The molecule has 0 radical (unpaired) electrons. The van der Waals surface area contributed by atoms with Crippen molar-refractivity contribution in [2.75, 3.05) is 26.3 Å². The minimum atomic E-state index is -0.765. The lowest BCUT2D eigenvalue weighted by Gasteiger charge is -2.32. The van der Waals surface area contributed by atoms with E-state index < -0.39 is 5.09 Å². The zero-order valence-corrected chi connectivity index (χ0v) is 13.9. The van der Waals surface area contributed by atoms with Crippen molar-refractivity contribution < 1.29 is 24.2 Å². The Morgan fingerprint density at radius 2 is 2.00 bits per heavy atom. The Morgan fingerprint density at radius 1 is 1.32 bits per heavy atom. The molecule has 0 N–H and O–H groups in total. The third-order valence-corrected chi connectivity index (χ3v) is 4.56. The first-order valence-corrected chi connectivity index (χ1v) is 8.50. The lowest BCUT2D eigenvalue weighted by molar-refractivity contribution is -0.759. The molecule has 2 aliphatic heterocycles. The van der Waals surface area contributed by atoms with Crippen LogP contribution in [0.5, 0.6) is 5.75 Å². The summed E-state index contributed by atoms with van der Waals surface area (Å²) in [5.41, 5.74) is 0. The van der Waals surface area contributed by atoms with Crippen molar-refractivity contribution in [3.05, 3.63) is 40.4 Å². The fourth-order valence-corrected chi connectivity index (χ4v) is 3.01. The molecule has 8 heteroatoms. The summed E-state index contributed by atoms with van der Waals surface area (Å²) in [6, 6.07) is 9.41. The number of piperidine rings is 1. The lowest BCUT2D eigenvalue weighted by Crippen LogP contribution is -2.42. The van der Waals surface area contributed by atoms with E-state index in [-0.39, 0.29) is 37.1 Å². The molecule has 1 amide bonds. The van der Waals surface area contributed by atoms with Crippen molar-refractivity contribution in [3.8, 4) is 5.75 Å². The molecule has 2 aliphatic rings. The maximum atomic E-state index is 12.6. The molecule has 0 bridgehead atoms. The van der Waals surface area contributed by atoms with Gasteiger partial charge in [0.1, 0.15) is 18.0 Å². The summed E-state index contributed by atoms with van der Waals surface area (Å²) >= 11 is 0. The summed E-state index contributed by atoms with van der Waals surface area (Å²) in [6.45, 7) is 1.90. The van der Waals surface area contributed by atoms with Crippen LogP contribution in [0.25, 0.3) is 0 Å². The van der Waals surface area contributed by atoms with Crippen LogP contribution in [0.1, 0.15) is 19.3 Å². The van der Waals surface area contributed by atoms with Crippen molar-refractivity contribution in [1.29, 1.82) is 0 Å². The van der Waals surface area contributed by atoms with Gasteiger partial charge < -0.3 is 19.2 Å². The van der Waals surface area contributed by atoms with Crippen molar-refractivity contribution in [2.24, 2.45) is 5.92 Å². The van der Waals surface area contributed by atoms with E-state index in [2.05, 4.69) is 4.84 Å². The van der Waals surface area contributed by atoms with Crippen LogP contribution in [0.2, 0.25) is 0 Å². The standard InChI is InChI=1S/C17H22N2O6/c20-17(18-8-6-13(7-9-18)11-24-19(21)22)10-15(16-12-23-16)25-14-4-2-1-3-5-14/h1-5,13,15-16H,6-12H2. The molecule has 2 heterocycles. The third-order valence-electron chi connectivity index (χ3n) is 4.56. The van der Waals surface area contributed by atoms with Crippen molar-refractivity contribution >= 4 is 5.91 Å². The van der Waals surface area contributed by atoms with Gasteiger partial charge in [0.05, 0.1) is 19.6 Å². The average molecular weight is 350 g/mol. The molecule has 2 saturated heterocycles. The molecular weight excluding hydrogens is 328 g/mol. The van der Waals surface area contributed by atoms with Gasteiger partial charge in [-0.3, -0.25) is 4.79 Å². The van der Waals surface area contributed by atoms with E-state index in [0.29, 0.717) is 32.5 Å². The lowest BCUT2D eigenvalue weighted by atomic mass is 9.97. The summed E-state index contributed by atoms with van der Waals surface area (Å²) < 4.78 is 11.2. The van der Waals surface area contributed by atoms with Gasteiger partial charge >= 0.3 is 0 Å².